The maximum atomic E-state index is 14.4. The number of hydrogen-bond acceptors (Lipinski definition) is 10. The largest absolute Gasteiger partial charge is 0.478 e. The van der Waals surface area contributed by atoms with Crippen molar-refractivity contribution in [3.8, 4) is 0 Å². The summed E-state index contributed by atoms with van der Waals surface area (Å²) in [6.45, 7) is 12.0. The molecule has 0 saturated carbocycles. The zero-order valence-corrected chi connectivity index (χ0v) is 31.5. The highest BCUT2D eigenvalue weighted by molar-refractivity contribution is 5.94. The molecule has 4 aliphatic heterocycles. The van der Waals surface area contributed by atoms with Gasteiger partial charge in [0, 0.05) is 25.2 Å². The summed E-state index contributed by atoms with van der Waals surface area (Å²) < 4.78 is 32.1. The van der Waals surface area contributed by atoms with E-state index >= 15 is 0 Å². The van der Waals surface area contributed by atoms with E-state index in [0.29, 0.717) is 48.7 Å². The third-order valence-corrected chi connectivity index (χ3v) is 12.0. The molecule has 11 heteroatoms. The molecule has 6 rings (SSSR count). The molecule has 3 N–H and O–H groups in total. The molecule has 1 aliphatic carbocycles. The second kappa shape index (κ2) is 15.6. The number of benzene rings is 1. The van der Waals surface area contributed by atoms with Crippen molar-refractivity contribution in [2.45, 2.75) is 128 Å². The molecule has 1 spiro atoms. The third-order valence-electron chi connectivity index (χ3n) is 12.0. The van der Waals surface area contributed by atoms with Gasteiger partial charge in [-0.1, -0.05) is 70.6 Å². The van der Waals surface area contributed by atoms with Crippen molar-refractivity contribution in [3.05, 3.63) is 82.5 Å². The maximum absolute atomic E-state index is 14.4. The van der Waals surface area contributed by atoms with Crippen molar-refractivity contribution >= 4 is 17.9 Å². The van der Waals surface area contributed by atoms with Crippen LogP contribution in [0.5, 0.6) is 0 Å². The van der Waals surface area contributed by atoms with Crippen LogP contribution in [-0.4, -0.2) is 87.8 Å². The zero-order valence-electron chi connectivity index (χ0n) is 31.5. The highest BCUT2D eigenvalue weighted by Crippen LogP contribution is 2.48. The van der Waals surface area contributed by atoms with Crippen LogP contribution >= 0.6 is 0 Å². The molecule has 4 heterocycles. The lowest BCUT2D eigenvalue weighted by Gasteiger charge is -2.51. The highest BCUT2D eigenvalue weighted by Gasteiger charge is 2.61. The first kappa shape index (κ1) is 39.1. The standard InChI is InChI=1S/C42H54O11/c1-7-23(2)35-26(5)16-17-41(53-35)21-32-20-31(52-41)15-14-25(4)34(43)24(3)10-8-13-30-22-49-37-36(27(6)18-33(40(47)50-32)42(30,37)48)51-39(46)29-12-9-11-28(19-29)38(44)45/h8-14,18-19,23-24,26,31-37,43,48H,7,15-17,20-22H2,1-6H3,(H,44,45)/b10-8+,25-14+,30-13+/t23-,24-,26-,31+,32-,33-,34-,35+,36+,37+,41+,42+/m0/s1. The van der Waals surface area contributed by atoms with Gasteiger partial charge in [0.05, 0.1) is 36.0 Å². The van der Waals surface area contributed by atoms with Gasteiger partial charge in [0.1, 0.15) is 23.7 Å². The number of fused-ring (bicyclic) bond motifs is 2. The summed E-state index contributed by atoms with van der Waals surface area (Å²) in [7, 11) is 0. The average molecular weight is 735 g/mol. The summed E-state index contributed by atoms with van der Waals surface area (Å²) in [5, 5.41) is 33.4. The van der Waals surface area contributed by atoms with E-state index in [9.17, 15) is 29.7 Å². The highest BCUT2D eigenvalue weighted by atomic mass is 16.7. The van der Waals surface area contributed by atoms with Crippen molar-refractivity contribution in [2.75, 3.05) is 6.61 Å². The lowest BCUT2D eigenvalue weighted by atomic mass is 9.70. The Kier molecular flexibility index (Phi) is 11.5. The lowest BCUT2D eigenvalue weighted by molar-refractivity contribution is -0.340. The van der Waals surface area contributed by atoms with Gasteiger partial charge in [-0.3, -0.25) is 4.79 Å². The van der Waals surface area contributed by atoms with Crippen LogP contribution in [0.3, 0.4) is 0 Å². The Morgan fingerprint density at radius 1 is 1.09 bits per heavy atom. The molecular weight excluding hydrogens is 680 g/mol. The van der Waals surface area contributed by atoms with E-state index in [-0.39, 0.29) is 35.9 Å². The first-order valence-electron chi connectivity index (χ1n) is 19.0. The van der Waals surface area contributed by atoms with Crippen molar-refractivity contribution in [2.24, 2.45) is 23.7 Å². The van der Waals surface area contributed by atoms with E-state index in [1.54, 1.807) is 25.2 Å². The molecule has 0 radical (unpaired) electrons. The number of carboxylic acids is 1. The van der Waals surface area contributed by atoms with E-state index < -0.39 is 59.6 Å². The van der Waals surface area contributed by atoms with Gasteiger partial charge in [0.15, 0.2) is 11.9 Å². The smallest absolute Gasteiger partial charge is 0.338 e. The topological polar surface area (TPSA) is 158 Å². The Bertz CT molecular complexity index is 1690. The van der Waals surface area contributed by atoms with Crippen LogP contribution in [0.1, 0.15) is 101 Å². The predicted octanol–water partition coefficient (Wildman–Crippen LogP) is 6.09. The SMILES string of the molecule is CC[C@H](C)[C@H]1O[C@]2(CC[C@@H]1C)C[C@@H]1C[C@@H](C/C=C(\C)[C@@H](O)[C@@H](C)/C=C/C=C3\CO[C@@H]4[C@H](OC(=O)c5cccc(C(=O)O)c5)C(C)=C[C@@H](C(=O)O1)[C@]34O)O2. The molecule has 1 aromatic carbocycles. The summed E-state index contributed by atoms with van der Waals surface area (Å²) >= 11 is 0. The van der Waals surface area contributed by atoms with E-state index in [0.717, 1.165) is 18.4 Å². The summed E-state index contributed by atoms with van der Waals surface area (Å²) in [5.74, 6) is -4.40. The molecule has 1 aromatic rings. The van der Waals surface area contributed by atoms with E-state index in [1.807, 2.05) is 26.0 Å². The first-order chi connectivity index (χ1) is 25.2. The molecule has 2 bridgehead atoms. The minimum atomic E-state index is -1.95. The van der Waals surface area contributed by atoms with Crippen molar-refractivity contribution < 1.29 is 53.4 Å². The fraction of sp³-hybridized carbons (Fsp3) is 0.595. The van der Waals surface area contributed by atoms with Crippen LogP contribution in [0.4, 0.5) is 0 Å². The van der Waals surface area contributed by atoms with Crippen LogP contribution in [0.2, 0.25) is 0 Å². The summed E-state index contributed by atoms with van der Waals surface area (Å²) in [4.78, 5) is 39.4. The molecular formula is C42H54O11. The van der Waals surface area contributed by atoms with Crippen LogP contribution in [0.25, 0.3) is 0 Å². The van der Waals surface area contributed by atoms with Gasteiger partial charge in [-0.2, -0.15) is 0 Å². The zero-order chi connectivity index (χ0) is 38.2. The molecule has 3 saturated heterocycles. The van der Waals surface area contributed by atoms with Gasteiger partial charge in [-0.15, -0.1) is 0 Å². The van der Waals surface area contributed by atoms with Gasteiger partial charge in [-0.25, -0.2) is 9.59 Å². The number of allylic oxidation sites excluding steroid dienone is 2. The van der Waals surface area contributed by atoms with Gasteiger partial charge < -0.3 is 39.0 Å². The Hall–Kier alpha value is -3.61. The minimum absolute atomic E-state index is 0.0200. The number of aliphatic hydroxyl groups excluding tert-OH is 1. The molecule has 0 unspecified atom stereocenters. The number of carbonyl (C=O) groups excluding carboxylic acids is 2. The Morgan fingerprint density at radius 2 is 1.85 bits per heavy atom. The monoisotopic (exact) mass is 734 g/mol. The molecule has 0 aromatic heterocycles. The number of carboxylic acid groups (broad SMARTS) is 1. The van der Waals surface area contributed by atoms with Gasteiger partial charge in [0.25, 0.3) is 0 Å². The Balaban J connectivity index is 1.36. The molecule has 12 atom stereocenters. The minimum Gasteiger partial charge on any atom is -0.478 e. The van der Waals surface area contributed by atoms with Gasteiger partial charge in [0.2, 0.25) is 0 Å². The van der Waals surface area contributed by atoms with Crippen LogP contribution in [0.15, 0.2) is 71.4 Å². The number of aromatic carboxylic acids is 1. The molecule has 0 amide bonds. The van der Waals surface area contributed by atoms with Gasteiger partial charge in [-0.05, 0) is 73.4 Å². The number of rotatable bonds is 5. The normalized spacial score (nSPS) is 40.7. The molecule has 288 valence electrons. The number of aliphatic hydroxyl groups is 2. The summed E-state index contributed by atoms with van der Waals surface area (Å²) in [5.41, 5.74) is -0.338. The molecule has 11 nitrogen and oxygen atoms in total. The van der Waals surface area contributed by atoms with Crippen molar-refractivity contribution in [1.82, 2.24) is 0 Å². The van der Waals surface area contributed by atoms with Gasteiger partial charge >= 0.3 is 17.9 Å². The van der Waals surface area contributed by atoms with E-state index in [2.05, 4.69) is 20.8 Å². The molecule has 53 heavy (non-hydrogen) atoms. The average Bonchev–Trinajstić information content (AvgIpc) is 3.47. The van der Waals surface area contributed by atoms with Crippen molar-refractivity contribution in [3.63, 3.8) is 0 Å². The van der Waals surface area contributed by atoms with Crippen LogP contribution < -0.4 is 0 Å². The summed E-state index contributed by atoms with van der Waals surface area (Å²) in [6.07, 6.45) is 8.60. The Morgan fingerprint density at radius 3 is 2.58 bits per heavy atom. The molecule has 3 fully saturated rings. The molecule has 5 aliphatic rings. The second-order valence-corrected chi connectivity index (χ2v) is 15.9. The fourth-order valence-corrected chi connectivity index (χ4v) is 8.65. The number of carbonyl (C=O) groups is 3. The van der Waals surface area contributed by atoms with Crippen LogP contribution in [0, 0.1) is 23.7 Å². The van der Waals surface area contributed by atoms with E-state index in [1.165, 1.54) is 24.3 Å². The maximum Gasteiger partial charge on any atom is 0.338 e. The first-order valence-corrected chi connectivity index (χ1v) is 19.0. The third kappa shape index (κ3) is 7.82. The fourth-order valence-electron chi connectivity index (χ4n) is 8.65. The van der Waals surface area contributed by atoms with E-state index in [4.69, 9.17) is 23.7 Å². The predicted molar refractivity (Wildman–Crippen MR) is 195 cm³/mol. The summed E-state index contributed by atoms with van der Waals surface area (Å²) in [6, 6.07) is 5.50. The Labute approximate surface area is 311 Å². The lowest BCUT2D eigenvalue weighted by Crippen LogP contribution is -2.59. The number of ether oxygens (including phenoxy) is 5. The van der Waals surface area contributed by atoms with Crippen LogP contribution in [-0.2, 0) is 28.5 Å². The second-order valence-electron chi connectivity index (χ2n) is 15.9. The van der Waals surface area contributed by atoms with Crippen molar-refractivity contribution in [1.29, 1.82) is 0 Å². The quantitative estimate of drug-likeness (QED) is 0.237. The number of esters is 2. The number of hydrogen-bond donors (Lipinski definition) is 3.